The van der Waals surface area contributed by atoms with Crippen LogP contribution in [0.4, 0.5) is 8.78 Å². The second-order valence-corrected chi connectivity index (χ2v) is 6.85. The van der Waals surface area contributed by atoms with Crippen LogP contribution in [0.2, 0.25) is 0 Å². The Labute approximate surface area is 117 Å². The number of alkyl halides is 2. The molecule has 2 aliphatic carbocycles. The topological polar surface area (TPSA) is 37.4 Å². The van der Waals surface area contributed by atoms with E-state index in [0.717, 1.165) is 12.8 Å². The van der Waals surface area contributed by atoms with Gasteiger partial charge in [0.15, 0.2) is 0 Å². The Bertz CT molecular complexity index is 408. The van der Waals surface area contributed by atoms with Crippen molar-refractivity contribution in [2.24, 2.45) is 11.3 Å². The third kappa shape index (κ3) is 2.59. The molecule has 0 atom stereocenters. The molecule has 0 radical (unpaired) electrons. The highest BCUT2D eigenvalue weighted by Gasteiger charge is 2.46. The zero-order valence-corrected chi connectivity index (χ0v) is 11.7. The number of amides is 1. The predicted octanol–water partition coefficient (Wildman–Crippen LogP) is 2.78. The minimum absolute atomic E-state index is 0.0565. The second-order valence-electron chi connectivity index (χ2n) is 6.85. The smallest absolute Gasteiger partial charge is 0.248 e. The normalized spacial score (nSPS) is 29.3. The Kier molecular flexibility index (Phi) is 3.33. The van der Waals surface area contributed by atoms with Crippen molar-refractivity contribution in [1.82, 2.24) is 4.90 Å². The van der Waals surface area contributed by atoms with Crippen LogP contribution in [0.15, 0.2) is 0 Å². The van der Waals surface area contributed by atoms with Crippen molar-refractivity contribution in [2.45, 2.75) is 57.3 Å². The minimum atomic E-state index is -2.57. The van der Waals surface area contributed by atoms with Gasteiger partial charge in [-0.3, -0.25) is 9.59 Å². The molecule has 1 heterocycles. The van der Waals surface area contributed by atoms with E-state index in [2.05, 4.69) is 0 Å². The first kappa shape index (κ1) is 14.0. The van der Waals surface area contributed by atoms with Crippen LogP contribution in [0.5, 0.6) is 0 Å². The Morgan fingerprint density at radius 2 is 1.60 bits per heavy atom. The van der Waals surface area contributed by atoms with E-state index in [1.54, 1.807) is 0 Å². The minimum Gasteiger partial charge on any atom is -0.342 e. The summed E-state index contributed by atoms with van der Waals surface area (Å²) in [6.07, 6.45) is 3.44. The van der Waals surface area contributed by atoms with Gasteiger partial charge >= 0.3 is 0 Å². The Morgan fingerprint density at radius 1 is 1.05 bits per heavy atom. The van der Waals surface area contributed by atoms with Gasteiger partial charge in [-0.2, -0.15) is 0 Å². The molecular formula is C15H21F2NO2. The molecular weight excluding hydrogens is 264 g/mol. The van der Waals surface area contributed by atoms with Crippen molar-refractivity contribution in [1.29, 1.82) is 0 Å². The fraction of sp³-hybridized carbons (Fsp3) is 0.867. The molecule has 1 saturated heterocycles. The molecule has 0 aromatic heterocycles. The highest BCUT2D eigenvalue weighted by molar-refractivity contribution is 5.86. The van der Waals surface area contributed by atoms with Gasteiger partial charge < -0.3 is 4.90 Å². The maximum Gasteiger partial charge on any atom is 0.248 e. The lowest BCUT2D eigenvalue weighted by molar-refractivity contribution is -0.145. The third-order valence-electron chi connectivity index (χ3n) is 5.35. The molecule has 0 unspecified atom stereocenters. The lowest BCUT2D eigenvalue weighted by atomic mass is 9.62. The Balaban J connectivity index is 1.51. The molecule has 3 rings (SSSR count). The van der Waals surface area contributed by atoms with Crippen LogP contribution in [0.3, 0.4) is 0 Å². The summed E-state index contributed by atoms with van der Waals surface area (Å²) in [6.45, 7) is 1.39. The molecule has 1 amide bonds. The molecule has 2 saturated carbocycles. The molecule has 5 heteroatoms. The molecule has 3 aliphatic rings. The van der Waals surface area contributed by atoms with Crippen LogP contribution >= 0.6 is 0 Å². The number of hydrogen-bond acceptors (Lipinski definition) is 2. The maximum atomic E-state index is 13.1. The van der Waals surface area contributed by atoms with Crippen molar-refractivity contribution in [3.05, 3.63) is 0 Å². The largest absolute Gasteiger partial charge is 0.342 e. The molecule has 3 fully saturated rings. The molecule has 0 bridgehead atoms. The van der Waals surface area contributed by atoms with Crippen molar-refractivity contribution >= 4 is 11.7 Å². The quantitative estimate of drug-likeness (QED) is 0.743. The number of likely N-dealkylation sites (tertiary alicyclic amines) is 1. The summed E-state index contributed by atoms with van der Waals surface area (Å²) in [5.41, 5.74) is 0.160. The molecule has 112 valence electrons. The van der Waals surface area contributed by atoms with Crippen molar-refractivity contribution in [2.75, 3.05) is 13.1 Å². The summed E-state index contributed by atoms with van der Waals surface area (Å²) in [5.74, 6) is -2.40. The third-order valence-corrected chi connectivity index (χ3v) is 5.35. The number of Topliss-reactive ketones (excluding diaryl/α,β-unsaturated/α-hetero) is 1. The number of halogens is 2. The molecule has 3 nitrogen and oxygen atoms in total. The predicted molar refractivity (Wildman–Crippen MR) is 69.4 cm³/mol. The lowest BCUT2D eigenvalue weighted by Gasteiger charge is -2.47. The number of nitrogens with zero attached hydrogens (tertiary/aromatic N) is 1. The average Bonchev–Trinajstić information content (AvgIpc) is 2.37. The molecule has 1 aliphatic heterocycles. The van der Waals surface area contributed by atoms with E-state index in [1.165, 1.54) is 0 Å². The SMILES string of the molecule is O=C1CC2(CCN(C(=O)C3CCC(F)(F)CC3)CC2)C1. The van der Waals surface area contributed by atoms with E-state index in [-0.39, 0.29) is 30.1 Å². The van der Waals surface area contributed by atoms with E-state index in [0.29, 0.717) is 44.6 Å². The number of piperidine rings is 1. The van der Waals surface area contributed by atoms with E-state index < -0.39 is 5.92 Å². The highest BCUT2D eigenvalue weighted by atomic mass is 19.3. The highest BCUT2D eigenvalue weighted by Crippen LogP contribution is 2.47. The summed E-state index contributed by atoms with van der Waals surface area (Å²) >= 11 is 0. The summed E-state index contributed by atoms with van der Waals surface area (Å²) < 4.78 is 26.2. The monoisotopic (exact) mass is 285 g/mol. The lowest BCUT2D eigenvalue weighted by Crippen LogP contribution is -2.50. The van der Waals surface area contributed by atoms with Crippen LogP contribution < -0.4 is 0 Å². The molecule has 1 spiro atoms. The second kappa shape index (κ2) is 4.78. The van der Waals surface area contributed by atoms with Crippen LogP contribution in [-0.4, -0.2) is 35.6 Å². The van der Waals surface area contributed by atoms with E-state index in [4.69, 9.17) is 0 Å². The van der Waals surface area contributed by atoms with Crippen LogP contribution in [0.1, 0.15) is 51.4 Å². The number of carbonyl (C=O) groups is 2. The number of carbonyl (C=O) groups excluding carboxylic acids is 2. The van der Waals surface area contributed by atoms with Gasteiger partial charge in [0.1, 0.15) is 5.78 Å². The van der Waals surface area contributed by atoms with Crippen molar-refractivity contribution in [3.8, 4) is 0 Å². The molecule has 0 N–H and O–H groups in total. The first-order chi connectivity index (χ1) is 9.39. The zero-order valence-electron chi connectivity index (χ0n) is 11.7. The number of rotatable bonds is 1. The van der Waals surface area contributed by atoms with Gasteiger partial charge in [0, 0.05) is 44.7 Å². The number of hydrogen-bond donors (Lipinski definition) is 0. The van der Waals surface area contributed by atoms with Gasteiger partial charge in [-0.15, -0.1) is 0 Å². The van der Waals surface area contributed by atoms with E-state index >= 15 is 0 Å². The van der Waals surface area contributed by atoms with Crippen molar-refractivity contribution in [3.63, 3.8) is 0 Å². The summed E-state index contributed by atoms with van der Waals surface area (Å²) in [5, 5.41) is 0. The van der Waals surface area contributed by atoms with Gasteiger partial charge in [-0.25, -0.2) is 8.78 Å². The zero-order chi connectivity index (χ0) is 14.4. The van der Waals surface area contributed by atoms with Gasteiger partial charge in [0.25, 0.3) is 0 Å². The molecule has 0 aromatic carbocycles. The molecule has 0 aromatic rings. The van der Waals surface area contributed by atoms with Gasteiger partial charge in [-0.1, -0.05) is 0 Å². The summed E-state index contributed by atoms with van der Waals surface area (Å²) in [7, 11) is 0. The molecule has 20 heavy (non-hydrogen) atoms. The fourth-order valence-corrected chi connectivity index (χ4v) is 3.89. The van der Waals surface area contributed by atoms with Gasteiger partial charge in [0.2, 0.25) is 11.8 Å². The van der Waals surface area contributed by atoms with E-state index in [9.17, 15) is 18.4 Å². The first-order valence-corrected chi connectivity index (χ1v) is 7.58. The Hall–Kier alpha value is -1.00. The van der Waals surface area contributed by atoms with Crippen molar-refractivity contribution < 1.29 is 18.4 Å². The standard InChI is InChI=1S/C15H21F2NO2/c16-15(17)3-1-11(2-4-15)13(20)18-7-5-14(6-8-18)9-12(19)10-14/h11H,1-10H2. The van der Waals surface area contributed by atoms with Crippen LogP contribution in [0, 0.1) is 11.3 Å². The average molecular weight is 285 g/mol. The Morgan fingerprint density at radius 3 is 2.10 bits per heavy atom. The maximum absolute atomic E-state index is 13.1. The fourth-order valence-electron chi connectivity index (χ4n) is 3.89. The van der Waals surface area contributed by atoms with Crippen LogP contribution in [0.25, 0.3) is 0 Å². The number of ketones is 1. The first-order valence-electron chi connectivity index (χ1n) is 7.58. The summed E-state index contributed by atoms with van der Waals surface area (Å²) in [6, 6.07) is 0. The van der Waals surface area contributed by atoms with E-state index in [1.807, 2.05) is 4.90 Å². The summed E-state index contributed by atoms with van der Waals surface area (Å²) in [4.78, 5) is 25.3. The van der Waals surface area contributed by atoms with Gasteiger partial charge in [-0.05, 0) is 31.1 Å². The van der Waals surface area contributed by atoms with Gasteiger partial charge in [0.05, 0.1) is 0 Å². The van der Waals surface area contributed by atoms with Crippen LogP contribution in [-0.2, 0) is 9.59 Å².